The van der Waals surface area contributed by atoms with Gasteiger partial charge in [-0.3, -0.25) is 9.58 Å². The van der Waals surface area contributed by atoms with E-state index in [1.165, 1.54) is 10.5 Å². The molecule has 8 heteroatoms. The van der Waals surface area contributed by atoms with Crippen molar-refractivity contribution in [1.82, 2.24) is 24.6 Å². The molecule has 0 saturated carbocycles. The molecule has 0 aliphatic heterocycles. The molecule has 0 radical (unpaired) electrons. The number of benzene rings is 2. The number of nitrogens with one attached hydrogen (secondary N) is 1. The van der Waals surface area contributed by atoms with Gasteiger partial charge in [-0.25, -0.2) is 9.78 Å². The number of nitrogens with two attached hydrogens (primary N) is 1. The molecule has 194 valence electrons. The number of amides is 2. The third-order valence-corrected chi connectivity index (χ3v) is 6.71. The highest BCUT2D eigenvalue weighted by atomic mass is 16.2. The van der Waals surface area contributed by atoms with Crippen molar-refractivity contribution in [2.75, 3.05) is 25.5 Å². The Morgan fingerprint density at radius 3 is 2.32 bits per heavy atom. The highest BCUT2D eigenvalue weighted by Gasteiger charge is 2.18. The summed E-state index contributed by atoms with van der Waals surface area (Å²) in [7, 11) is 4.14. The maximum atomic E-state index is 11.8. The Hall–Kier alpha value is -4.43. The van der Waals surface area contributed by atoms with Crippen LogP contribution in [0.4, 0.5) is 10.5 Å². The van der Waals surface area contributed by atoms with Gasteiger partial charge in [0, 0.05) is 59.9 Å². The van der Waals surface area contributed by atoms with Crippen molar-refractivity contribution < 1.29 is 4.79 Å². The summed E-state index contributed by atoms with van der Waals surface area (Å²) in [6.07, 6.45) is 3.92. The van der Waals surface area contributed by atoms with E-state index >= 15 is 0 Å². The summed E-state index contributed by atoms with van der Waals surface area (Å²) >= 11 is 0. The Morgan fingerprint density at radius 1 is 0.974 bits per heavy atom. The molecule has 5 aromatic rings. The first-order valence-electron chi connectivity index (χ1n) is 12.8. The number of nitrogens with zero attached hydrogens (tertiary/aromatic N) is 5. The fourth-order valence-electron chi connectivity index (χ4n) is 4.83. The Kier molecular flexibility index (Phi) is 6.98. The number of anilines is 1. The molecule has 5 rings (SSSR count). The van der Waals surface area contributed by atoms with Crippen molar-refractivity contribution in [3.8, 4) is 33.6 Å². The van der Waals surface area contributed by atoms with E-state index in [0.29, 0.717) is 6.54 Å². The van der Waals surface area contributed by atoms with Crippen LogP contribution in [0.15, 0.2) is 73.1 Å². The van der Waals surface area contributed by atoms with E-state index < -0.39 is 6.03 Å². The third kappa shape index (κ3) is 4.90. The minimum atomic E-state index is -0.467. The standard InChI is InChI=1S/C30H33N7O/c1-5-36-19-26(28(34-36)22-11-13-23(14-12-22)37(6-2)30(31)38)24-15-16-32-29-25(24)17-27(33-29)21-9-7-20(8-10-21)18-35(3)4/h7-17,19H,5-6,18H2,1-4H3,(H2,31,38)(H,32,33). The normalized spacial score (nSPS) is 11.4. The summed E-state index contributed by atoms with van der Waals surface area (Å²) in [6.45, 7) is 6.14. The quantitative estimate of drug-likeness (QED) is 0.280. The molecule has 8 nitrogen and oxygen atoms in total. The number of carbonyl (C=O) groups excluding carboxylic acids is 1. The number of aromatic nitrogens is 4. The summed E-state index contributed by atoms with van der Waals surface area (Å²) in [6, 6.07) is 20.2. The van der Waals surface area contributed by atoms with Gasteiger partial charge in [0.15, 0.2) is 0 Å². The van der Waals surface area contributed by atoms with E-state index in [9.17, 15) is 4.79 Å². The highest BCUT2D eigenvalue weighted by Crippen LogP contribution is 2.37. The van der Waals surface area contributed by atoms with Gasteiger partial charge in [0.2, 0.25) is 0 Å². The first-order chi connectivity index (χ1) is 18.4. The van der Waals surface area contributed by atoms with Crippen molar-refractivity contribution in [3.63, 3.8) is 0 Å². The molecule has 0 aliphatic rings. The van der Waals surface area contributed by atoms with Crippen LogP contribution in [0.5, 0.6) is 0 Å². The predicted molar refractivity (Wildman–Crippen MR) is 154 cm³/mol. The van der Waals surface area contributed by atoms with Crippen LogP contribution in [-0.2, 0) is 13.1 Å². The maximum absolute atomic E-state index is 11.8. The number of pyridine rings is 1. The first-order valence-corrected chi connectivity index (χ1v) is 12.8. The molecule has 0 saturated heterocycles. The summed E-state index contributed by atoms with van der Waals surface area (Å²) in [5, 5.41) is 5.93. The summed E-state index contributed by atoms with van der Waals surface area (Å²) in [5.74, 6) is 0. The van der Waals surface area contributed by atoms with Crippen molar-refractivity contribution >= 4 is 22.8 Å². The van der Waals surface area contributed by atoms with E-state index in [-0.39, 0.29) is 0 Å². The van der Waals surface area contributed by atoms with Gasteiger partial charge in [0.25, 0.3) is 0 Å². The minimum Gasteiger partial charge on any atom is -0.351 e. The summed E-state index contributed by atoms with van der Waals surface area (Å²) in [4.78, 5) is 23.6. The zero-order chi connectivity index (χ0) is 26.8. The average Bonchev–Trinajstić information content (AvgIpc) is 3.54. The zero-order valence-electron chi connectivity index (χ0n) is 22.3. The molecule has 0 spiro atoms. The maximum Gasteiger partial charge on any atom is 0.319 e. The molecule has 3 N–H and O–H groups in total. The predicted octanol–water partition coefficient (Wildman–Crippen LogP) is 5.75. The second kappa shape index (κ2) is 10.5. The van der Waals surface area contributed by atoms with Crippen molar-refractivity contribution in [1.29, 1.82) is 0 Å². The van der Waals surface area contributed by atoms with Gasteiger partial charge in [0.1, 0.15) is 11.3 Å². The molecule has 0 aliphatic carbocycles. The number of hydrogen-bond donors (Lipinski definition) is 2. The molecular formula is C30H33N7O. The first kappa shape index (κ1) is 25.2. The number of carbonyl (C=O) groups is 1. The van der Waals surface area contributed by atoms with E-state index in [0.717, 1.165) is 63.5 Å². The number of urea groups is 1. The third-order valence-electron chi connectivity index (χ3n) is 6.71. The number of H-pyrrole nitrogens is 1. The number of rotatable bonds is 8. The van der Waals surface area contributed by atoms with Gasteiger partial charge in [-0.1, -0.05) is 36.4 Å². The summed E-state index contributed by atoms with van der Waals surface area (Å²) < 4.78 is 1.95. The Balaban J connectivity index is 1.55. The van der Waals surface area contributed by atoms with Crippen LogP contribution in [0.25, 0.3) is 44.7 Å². The Morgan fingerprint density at radius 2 is 1.68 bits per heavy atom. The molecule has 0 unspecified atom stereocenters. The van der Waals surface area contributed by atoms with E-state index in [1.807, 2.05) is 48.1 Å². The Bertz CT molecular complexity index is 1560. The lowest BCUT2D eigenvalue weighted by Gasteiger charge is -2.18. The highest BCUT2D eigenvalue weighted by molar-refractivity contribution is 5.99. The number of primary amides is 1. The van der Waals surface area contributed by atoms with Crippen LogP contribution in [0, 0.1) is 0 Å². The number of hydrogen-bond acceptors (Lipinski definition) is 4. The van der Waals surface area contributed by atoms with Crippen molar-refractivity contribution in [3.05, 3.63) is 78.6 Å². The molecule has 3 heterocycles. The SMILES string of the molecule is CCN(C(N)=O)c1ccc(-c2nn(CC)cc2-c2ccnc3[nH]c(-c4ccc(CN(C)C)cc4)cc23)cc1. The lowest BCUT2D eigenvalue weighted by atomic mass is 9.99. The second-order valence-electron chi connectivity index (χ2n) is 9.61. The Labute approximate surface area is 222 Å². The molecule has 2 amide bonds. The van der Waals surface area contributed by atoms with Gasteiger partial charge >= 0.3 is 6.03 Å². The molecule has 38 heavy (non-hydrogen) atoms. The van der Waals surface area contributed by atoms with E-state index in [1.54, 1.807) is 0 Å². The molecule has 0 fully saturated rings. The number of fused-ring (bicyclic) bond motifs is 1. The van der Waals surface area contributed by atoms with Gasteiger partial charge in [-0.15, -0.1) is 0 Å². The van der Waals surface area contributed by atoms with Gasteiger partial charge < -0.3 is 15.6 Å². The molecular weight excluding hydrogens is 474 g/mol. The van der Waals surface area contributed by atoms with Crippen LogP contribution < -0.4 is 10.6 Å². The average molecular weight is 508 g/mol. The minimum absolute atomic E-state index is 0.467. The second-order valence-corrected chi connectivity index (χ2v) is 9.61. The molecule has 3 aromatic heterocycles. The summed E-state index contributed by atoms with van der Waals surface area (Å²) in [5.41, 5.74) is 14.5. The number of aryl methyl sites for hydroxylation is 1. The largest absolute Gasteiger partial charge is 0.351 e. The lowest BCUT2D eigenvalue weighted by Crippen LogP contribution is -2.35. The monoisotopic (exact) mass is 507 g/mol. The molecule has 2 aromatic carbocycles. The smallest absolute Gasteiger partial charge is 0.319 e. The lowest BCUT2D eigenvalue weighted by molar-refractivity contribution is 0.254. The molecule has 0 bridgehead atoms. The molecule has 0 atom stereocenters. The van der Waals surface area contributed by atoms with E-state index in [2.05, 4.69) is 72.4 Å². The van der Waals surface area contributed by atoms with Crippen LogP contribution in [0.1, 0.15) is 19.4 Å². The van der Waals surface area contributed by atoms with Crippen LogP contribution >= 0.6 is 0 Å². The number of aromatic amines is 1. The topological polar surface area (TPSA) is 96.1 Å². The van der Waals surface area contributed by atoms with Gasteiger partial charge in [-0.2, -0.15) is 5.10 Å². The van der Waals surface area contributed by atoms with Crippen molar-refractivity contribution in [2.24, 2.45) is 5.73 Å². The van der Waals surface area contributed by atoms with E-state index in [4.69, 9.17) is 10.8 Å². The zero-order valence-corrected chi connectivity index (χ0v) is 22.3. The fraction of sp³-hybridized carbons (Fsp3) is 0.233. The fourth-order valence-corrected chi connectivity index (χ4v) is 4.83. The van der Waals surface area contributed by atoms with Crippen LogP contribution in [0.3, 0.4) is 0 Å². The van der Waals surface area contributed by atoms with Crippen molar-refractivity contribution in [2.45, 2.75) is 26.9 Å². The van der Waals surface area contributed by atoms with Crippen LogP contribution in [0.2, 0.25) is 0 Å². The van der Waals surface area contributed by atoms with Gasteiger partial charge in [-0.05, 0) is 68.9 Å². The van der Waals surface area contributed by atoms with Crippen LogP contribution in [-0.4, -0.2) is 51.3 Å². The van der Waals surface area contributed by atoms with Gasteiger partial charge in [0.05, 0.1) is 0 Å².